The van der Waals surface area contributed by atoms with Gasteiger partial charge in [-0.3, -0.25) is 14.1 Å². The molecule has 55 heavy (non-hydrogen) atoms. The number of ether oxygens (including phenoxy) is 2. The molecule has 0 amide bonds. The average molecular weight is 787 g/mol. The van der Waals surface area contributed by atoms with Crippen molar-refractivity contribution in [3.8, 4) is 0 Å². The van der Waals surface area contributed by atoms with Gasteiger partial charge in [-0.1, -0.05) is 149 Å². The number of rotatable bonds is 35. The quantitative estimate of drug-likeness (QED) is 0.0188. The maximum absolute atomic E-state index is 12.4. The van der Waals surface area contributed by atoms with Crippen LogP contribution in [0.3, 0.4) is 0 Å². The zero-order chi connectivity index (χ0) is 40.5. The molecule has 0 saturated carbocycles. The van der Waals surface area contributed by atoms with Crippen LogP contribution in [0.5, 0.6) is 0 Å². The van der Waals surface area contributed by atoms with E-state index in [0.717, 1.165) is 89.9 Å². The zero-order valence-corrected chi connectivity index (χ0v) is 34.5. The highest BCUT2D eigenvalue weighted by atomic mass is 31.2. The van der Waals surface area contributed by atoms with Crippen molar-refractivity contribution in [1.29, 1.82) is 0 Å². The van der Waals surface area contributed by atoms with Crippen LogP contribution in [-0.4, -0.2) is 52.3 Å². The Balaban J connectivity index is 4.17. The molecule has 10 heteroatoms. The molecule has 0 aliphatic heterocycles. The summed E-state index contributed by atoms with van der Waals surface area (Å²) in [6.45, 7) is 3.35. The minimum Gasteiger partial charge on any atom is -0.462 e. The van der Waals surface area contributed by atoms with E-state index in [1.807, 2.05) is 36.5 Å². The standard InChI is InChI=1S/C45H71O9P/c1-3-5-7-8-9-10-11-12-13-14-15-16-17-18-21-24-27-30-34-38-44(47)52-40-43(41-53-55(49,50)51)54-45(48)39-35-31-28-25-22-19-20-23-26-29-33-37-42(46)36-32-6-4-2/h5,7,9-10,12-13,15-16,18-21,25-26,28-29,33,37,42-43,46H,3-4,6,8,11,14,17,22-24,27,30-32,34-36,38-41H2,1-2H3,(H2,49,50,51)/b7-5-,10-9-,13-12-,16-15-,20-19-,21-18-,28-25-,29-26-,37-33+/t42-,43+/m0/s1. The van der Waals surface area contributed by atoms with Gasteiger partial charge in [0, 0.05) is 12.8 Å². The number of aliphatic hydroxyl groups is 1. The van der Waals surface area contributed by atoms with Crippen LogP contribution < -0.4 is 0 Å². The molecule has 0 aromatic rings. The third kappa shape index (κ3) is 41.7. The second-order valence-corrected chi connectivity index (χ2v) is 14.3. The number of hydrogen-bond acceptors (Lipinski definition) is 7. The zero-order valence-electron chi connectivity index (χ0n) is 33.6. The second-order valence-electron chi connectivity index (χ2n) is 13.1. The first-order valence-electron chi connectivity index (χ1n) is 20.3. The lowest BCUT2D eigenvalue weighted by Gasteiger charge is -2.18. The Morgan fingerprint density at radius 1 is 0.582 bits per heavy atom. The fourth-order valence-electron chi connectivity index (χ4n) is 4.85. The molecule has 3 N–H and O–H groups in total. The maximum atomic E-state index is 12.4. The lowest BCUT2D eigenvalue weighted by atomic mass is 10.1. The van der Waals surface area contributed by atoms with Gasteiger partial charge < -0.3 is 24.4 Å². The third-order valence-electron chi connectivity index (χ3n) is 7.88. The highest BCUT2D eigenvalue weighted by Gasteiger charge is 2.22. The van der Waals surface area contributed by atoms with Gasteiger partial charge in [-0.05, 0) is 83.5 Å². The van der Waals surface area contributed by atoms with Gasteiger partial charge in [0.15, 0.2) is 6.10 Å². The van der Waals surface area contributed by atoms with Crippen molar-refractivity contribution in [2.24, 2.45) is 0 Å². The Kier molecular flexibility index (Phi) is 36.6. The van der Waals surface area contributed by atoms with Crippen molar-refractivity contribution >= 4 is 19.8 Å². The highest BCUT2D eigenvalue weighted by Crippen LogP contribution is 2.36. The highest BCUT2D eigenvalue weighted by molar-refractivity contribution is 7.46. The molecule has 9 nitrogen and oxygen atoms in total. The number of hydrogen-bond donors (Lipinski definition) is 3. The second kappa shape index (κ2) is 38.9. The normalized spacial score (nSPS) is 14.2. The monoisotopic (exact) mass is 786 g/mol. The fourth-order valence-corrected chi connectivity index (χ4v) is 5.21. The predicted molar refractivity (Wildman–Crippen MR) is 226 cm³/mol. The summed E-state index contributed by atoms with van der Waals surface area (Å²) in [4.78, 5) is 42.8. The number of carbonyl (C=O) groups excluding carboxylic acids is 2. The van der Waals surface area contributed by atoms with Crippen LogP contribution in [0.25, 0.3) is 0 Å². The summed E-state index contributed by atoms with van der Waals surface area (Å²) in [5, 5.41) is 9.87. The van der Waals surface area contributed by atoms with Crippen LogP contribution >= 0.6 is 7.82 Å². The molecule has 0 fully saturated rings. The summed E-state index contributed by atoms with van der Waals surface area (Å²) in [7, 11) is -4.80. The van der Waals surface area contributed by atoms with Crippen molar-refractivity contribution in [2.75, 3.05) is 13.2 Å². The van der Waals surface area contributed by atoms with E-state index in [-0.39, 0.29) is 25.6 Å². The molecule has 0 saturated heterocycles. The Bertz CT molecular complexity index is 1270. The maximum Gasteiger partial charge on any atom is 0.469 e. The van der Waals surface area contributed by atoms with Gasteiger partial charge in [-0.25, -0.2) is 4.57 Å². The Morgan fingerprint density at radius 2 is 1.11 bits per heavy atom. The Hall–Kier alpha value is -3.33. The number of phosphoric acid groups is 1. The molecule has 0 aromatic heterocycles. The summed E-state index contributed by atoms with van der Waals surface area (Å²) in [6.07, 6.45) is 51.4. The Labute approximate surface area is 332 Å². The van der Waals surface area contributed by atoms with Crippen molar-refractivity contribution in [1.82, 2.24) is 0 Å². The molecule has 0 heterocycles. The molecule has 0 rings (SSSR count). The molecule has 0 unspecified atom stereocenters. The largest absolute Gasteiger partial charge is 0.469 e. The van der Waals surface area contributed by atoms with Crippen molar-refractivity contribution in [2.45, 2.75) is 148 Å². The smallest absolute Gasteiger partial charge is 0.462 e. The van der Waals surface area contributed by atoms with E-state index in [4.69, 9.17) is 19.3 Å². The van der Waals surface area contributed by atoms with Crippen molar-refractivity contribution in [3.63, 3.8) is 0 Å². The Morgan fingerprint density at radius 3 is 1.67 bits per heavy atom. The summed E-state index contributed by atoms with van der Waals surface area (Å²) >= 11 is 0. The van der Waals surface area contributed by atoms with Gasteiger partial charge in [0.25, 0.3) is 0 Å². The molecule has 0 aromatic carbocycles. The molecule has 310 valence electrons. The third-order valence-corrected chi connectivity index (χ3v) is 8.36. The van der Waals surface area contributed by atoms with Gasteiger partial charge in [0.05, 0.1) is 12.7 Å². The van der Waals surface area contributed by atoms with E-state index < -0.39 is 32.5 Å². The van der Waals surface area contributed by atoms with Gasteiger partial charge >= 0.3 is 19.8 Å². The van der Waals surface area contributed by atoms with Crippen LogP contribution in [0.1, 0.15) is 136 Å². The van der Waals surface area contributed by atoms with E-state index in [2.05, 4.69) is 91.3 Å². The van der Waals surface area contributed by atoms with Crippen LogP contribution in [0.15, 0.2) is 109 Å². The van der Waals surface area contributed by atoms with Crippen LogP contribution in [0.4, 0.5) is 0 Å². The SMILES string of the molecule is CC/C=C\C/C=C\C/C=C\C/C=C\C/C=C\CCCCCC(=O)OC[C@H](COP(=O)(O)O)OC(=O)CCC/C=C\C/C=C\C/C=C\C=C\[C@@H](O)CCCCC. The first kappa shape index (κ1) is 51.7. The molecule has 0 bridgehead atoms. The van der Waals surface area contributed by atoms with Gasteiger partial charge in [0.1, 0.15) is 6.61 Å². The number of phosphoric ester groups is 1. The van der Waals surface area contributed by atoms with Crippen LogP contribution in [-0.2, 0) is 28.2 Å². The van der Waals surface area contributed by atoms with E-state index in [1.165, 1.54) is 0 Å². The fraction of sp³-hybridized carbons (Fsp3) is 0.556. The van der Waals surface area contributed by atoms with E-state index in [9.17, 15) is 19.3 Å². The van der Waals surface area contributed by atoms with E-state index in [0.29, 0.717) is 19.3 Å². The lowest BCUT2D eigenvalue weighted by molar-refractivity contribution is -0.161. The lowest BCUT2D eigenvalue weighted by Crippen LogP contribution is -2.29. The summed E-state index contributed by atoms with van der Waals surface area (Å²) in [6, 6.07) is 0. The van der Waals surface area contributed by atoms with Crippen molar-refractivity contribution < 1.29 is 43.0 Å². The van der Waals surface area contributed by atoms with E-state index in [1.54, 1.807) is 0 Å². The minimum absolute atomic E-state index is 0.101. The molecular weight excluding hydrogens is 715 g/mol. The molecule has 0 aliphatic carbocycles. The first-order chi connectivity index (χ1) is 26.7. The molecule has 2 atom stereocenters. The predicted octanol–water partition coefficient (Wildman–Crippen LogP) is 11.4. The molecular formula is C45H71O9P. The molecule has 0 aliphatic rings. The summed E-state index contributed by atoms with van der Waals surface area (Å²) in [5.74, 6) is -1.03. The van der Waals surface area contributed by atoms with Gasteiger partial charge in [-0.15, -0.1) is 0 Å². The van der Waals surface area contributed by atoms with E-state index >= 15 is 0 Å². The first-order valence-corrected chi connectivity index (χ1v) is 21.8. The number of esters is 2. The number of unbranched alkanes of at least 4 members (excludes halogenated alkanes) is 6. The van der Waals surface area contributed by atoms with Gasteiger partial charge in [0.2, 0.25) is 0 Å². The number of aliphatic hydroxyl groups excluding tert-OH is 1. The van der Waals surface area contributed by atoms with Crippen LogP contribution in [0.2, 0.25) is 0 Å². The average Bonchev–Trinajstić information content (AvgIpc) is 3.15. The topological polar surface area (TPSA) is 140 Å². The number of carbonyl (C=O) groups is 2. The minimum atomic E-state index is -4.80. The summed E-state index contributed by atoms with van der Waals surface area (Å²) < 4.78 is 26.3. The summed E-state index contributed by atoms with van der Waals surface area (Å²) in [5.41, 5.74) is 0. The molecule has 0 radical (unpaired) electrons. The molecule has 0 spiro atoms. The van der Waals surface area contributed by atoms with Gasteiger partial charge in [-0.2, -0.15) is 0 Å². The van der Waals surface area contributed by atoms with Crippen LogP contribution in [0, 0.1) is 0 Å². The van der Waals surface area contributed by atoms with Crippen molar-refractivity contribution in [3.05, 3.63) is 109 Å². The number of allylic oxidation sites excluding steroid dienone is 17.